The molecule has 0 saturated heterocycles. The number of carboxylic acid groups (broad SMARTS) is 1. The highest BCUT2D eigenvalue weighted by atomic mass is 35.5. The summed E-state index contributed by atoms with van der Waals surface area (Å²) < 4.78 is 14.1. The minimum atomic E-state index is -0.885. The quantitative estimate of drug-likeness (QED) is 0.878. The topological polar surface area (TPSA) is 37.3 Å². The molecule has 0 radical (unpaired) electrons. The van der Waals surface area contributed by atoms with Gasteiger partial charge < -0.3 is 5.11 Å². The SMILES string of the molecule is CCc1cc(Cl)c(F)c(C(CC(=O)O)C2CC2)c1. The van der Waals surface area contributed by atoms with Crippen LogP contribution in [0.5, 0.6) is 0 Å². The Morgan fingerprint density at radius 3 is 2.72 bits per heavy atom. The molecule has 1 fully saturated rings. The average Bonchev–Trinajstić information content (AvgIpc) is 3.13. The molecule has 0 aromatic heterocycles. The summed E-state index contributed by atoms with van der Waals surface area (Å²) in [6.45, 7) is 1.97. The van der Waals surface area contributed by atoms with Crippen LogP contribution in [0, 0.1) is 11.7 Å². The maximum Gasteiger partial charge on any atom is 0.303 e. The van der Waals surface area contributed by atoms with E-state index in [1.807, 2.05) is 6.92 Å². The van der Waals surface area contributed by atoms with Crippen LogP contribution < -0.4 is 0 Å². The summed E-state index contributed by atoms with van der Waals surface area (Å²) in [5.74, 6) is -1.29. The first-order chi connectivity index (χ1) is 8.52. The summed E-state index contributed by atoms with van der Waals surface area (Å²) in [7, 11) is 0. The lowest BCUT2D eigenvalue weighted by Gasteiger charge is -2.17. The van der Waals surface area contributed by atoms with Crippen molar-refractivity contribution in [3.8, 4) is 0 Å². The van der Waals surface area contributed by atoms with Gasteiger partial charge in [0.25, 0.3) is 0 Å². The Bertz CT molecular complexity index is 469. The summed E-state index contributed by atoms with van der Waals surface area (Å²) >= 11 is 5.88. The van der Waals surface area contributed by atoms with E-state index in [2.05, 4.69) is 0 Å². The van der Waals surface area contributed by atoms with Crippen molar-refractivity contribution in [3.05, 3.63) is 34.1 Å². The first kappa shape index (κ1) is 13.3. The molecule has 2 rings (SSSR count). The second-order valence-corrected chi connectivity index (χ2v) is 5.28. The minimum absolute atomic E-state index is 0.0227. The number of rotatable bonds is 5. The van der Waals surface area contributed by atoms with Gasteiger partial charge in [-0.2, -0.15) is 0 Å². The lowest BCUT2D eigenvalue weighted by Crippen LogP contribution is -2.11. The Kier molecular flexibility index (Phi) is 3.91. The number of halogens is 2. The van der Waals surface area contributed by atoms with Crippen LogP contribution in [0.1, 0.15) is 43.2 Å². The zero-order valence-electron chi connectivity index (χ0n) is 10.2. The zero-order chi connectivity index (χ0) is 13.3. The van der Waals surface area contributed by atoms with E-state index in [-0.39, 0.29) is 17.4 Å². The maximum absolute atomic E-state index is 14.1. The zero-order valence-corrected chi connectivity index (χ0v) is 11.0. The third kappa shape index (κ3) is 2.83. The third-order valence-electron chi connectivity index (χ3n) is 3.51. The fourth-order valence-electron chi connectivity index (χ4n) is 2.36. The van der Waals surface area contributed by atoms with Gasteiger partial charge in [-0.1, -0.05) is 24.6 Å². The number of aliphatic carboxylic acids is 1. The standard InChI is InChI=1S/C14H16ClFO2/c1-2-8-5-11(14(16)12(15)6-8)10(7-13(17)18)9-3-4-9/h5-6,9-10H,2-4,7H2,1H3,(H,17,18). The second kappa shape index (κ2) is 5.27. The molecule has 18 heavy (non-hydrogen) atoms. The highest BCUT2D eigenvalue weighted by Crippen LogP contribution is 2.46. The van der Waals surface area contributed by atoms with Gasteiger partial charge in [0.05, 0.1) is 11.4 Å². The number of hydrogen-bond acceptors (Lipinski definition) is 1. The van der Waals surface area contributed by atoms with Crippen LogP contribution >= 0.6 is 11.6 Å². The van der Waals surface area contributed by atoms with E-state index in [9.17, 15) is 9.18 Å². The van der Waals surface area contributed by atoms with Gasteiger partial charge in [0.1, 0.15) is 5.82 Å². The Morgan fingerprint density at radius 2 is 2.22 bits per heavy atom. The maximum atomic E-state index is 14.1. The van der Waals surface area contributed by atoms with E-state index in [4.69, 9.17) is 16.7 Å². The van der Waals surface area contributed by atoms with E-state index in [1.165, 1.54) is 0 Å². The predicted octanol–water partition coefficient (Wildman–Crippen LogP) is 4.01. The molecule has 1 saturated carbocycles. The molecular formula is C14H16ClFO2. The smallest absolute Gasteiger partial charge is 0.303 e. The molecule has 1 unspecified atom stereocenters. The van der Waals surface area contributed by atoms with E-state index in [1.54, 1.807) is 12.1 Å². The van der Waals surface area contributed by atoms with Crippen molar-refractivity contribution in [1.29, 1.82) is 0 Å². The molecule has 1 aromatic rings. The molecule has 0 aliphatic heterocycles. The molecule has 1 aliphatic carbocycles. The van der Waals surface area contributed by atoms with Gasteiger partial charge in [-0.05, 0) is 42.4 Å². The summed E-state index contributed by atoms with van der Waals surface area (Å²) in [4.78, 5) is 10.9. The fourth-order valence-corrected chi connectivity index (χ4v) is 2.61. The summed E-state index contributed by atoms with van der Waals surface area (Å²) in [6.07, 6.45) is 2.69. The van der Waals surface area contributed by atoms with E-state index in [0.29, 0.717) is 11.5 Å². The van der Waals surface area contributed by atoms with Crippen molar-refractivity contribution in [1.82, 2.24) is 0 Å². The minimum Gasteiger partial charge on any atom is -0.481 e. The van der Waals surface area contributed by atoms with Crippen LogP contribution in [0.25, 0.3) is 0 Å². The molecular weight excluding hydrogens is 255 g/mol. The third-order valence-corrected chi connectivity index (χ3v) is 3.78. The number of hydrogen-bond donors (Lipinski definition) is 1. The van der Waals surface area contributed by atoms with Crippen molar-refractivity contribution < 1.29 is 14.3 Å². The highest BCUT2D eigenvalue weighted by molar-refractivity contribution is 6.30. The van der Waals surface area contributed by atoms with Gasteiger partial charge in [-0.25, -0.2) is 4.39 Å². The first-order valence-electron chi connectivity index (χ1n) is 6.22. The number of carboxylic acids is 1. The molecule has 98 valence electrons. The normalized spacial score (nSPS) is 16.6. The summed E-state index contributed by atoms with van der Waals surface area (Å²) in [5, 5.41) is 9.05. The van der Waals surface area contributed by atoms with Crippen LogP contribution in [0.2, 0.25) is 5.02 Å². The molecule has 0 heterocycles. The lowest BCUT2D eigenvalue weighted by molar-refractivity contribution is -0.137. The molecule has 1 aliphatic rings. The van der Waals surface area contributed by atoms with Gasteiger partial charge in [0.2, 0.25) is 0 Å². The van der Waals surface area contributed by atoms with Crippen LogP contribution in [0.15, 0.2) is 12.1 Å². The first-order valence-corrected chi connectivity index (χ1v) is 6.60. The second-order valence-electron chi connectivity index (χ2n) is 4.88. The van der Waals surface area contributed by atoms with Crippen molar-refractivity contribution in [2.24, 2.45) is 5.92 Å². The number of carbonyl (C=O) groups is 1. The van der Waals surface area contributed by atoms with Crippen molar-refractivity contribution in [2.45, 2.75) is 38.5 Å². The monoisotopic (exact) mass is 270 g/mol. The molecule has 0 bridgehead atoms. The van der Waals surface area contributed by atoms with Gasteiger partial charge in [-0.15, -0.1) is 0 Å². The van der Waals surface area contributed by atoms with E-state index in [0.717, 1.165) is 24.8 Å². The number of benzene rings is 1. The predicted molar refractivity (Wildman–Crippen MR) is 68.5 cm³/mol. The highest BCUT2D eigenvalue weighted by Gasteiger charge is 2.35. The molecule has 4 heteroatoms. The van der Waals surface area contributed by atoms with Gasteiger partial charge in [0.15, 0.2) is 0 Å². The molecule has 1 atom stereocenters. The van der Waals surface area contributed by atoms with Gasteiger partial charge >= 0.3 is 5.97 Å². The van der Waals surface area contributed by atoms with E-state index >= 15 is 0 Å². The Morgan fingerprint density at radius 1 is 1.56 bits per heavy atom. The molecule has 1 aromatic carbocycles. The van der Waals surface area contributed by atoms with Crippen LogP contribution in [0.4, 0.5) is 4.39 Å². The molecule has 2 nitrogen and oxygen atoms in total. The molecule has 0 spiro atoms. The molecule has 1 N–H and O–H groups in total. The van der Waals surface area contributed by atoms with Crippen LogP contribution in [-0.2, 0) is 11.2 Å². The summed E-state index contributed by atoms with van der Waals surface area (Å²) in [5.41, 5.74) is 1.43. The Labute approximate surface area is 111 Å². The van der Waals surface area contributed by atoms with E-state index < -0.39 is 11.8 Å². The van der Waals surface area contributed by atoms with Gasteiger partial charge in [-0.3, -0.25) is 4.79 Å². The number of aryl methyl sites for hydroxylation is 1. The summed E-state index contributed by atoms with van der Waals surface area (Å²) in [6, 6.07) is 3.39. The Hall–Kier alpha value is -1.09. The largest absolute Gasteiger partial charge is 0.481 e. The van der Waals surface area contributed by atoms with Gasteiger partial charge in [0, 0.05) is 5.92 Å². The Balaban J connectivity index is 2.39. The van der Waals surface area contributed by atoms with Crippen molar-refractivity contribution in [3.63, 3.8) is 0 Å². The average molecular weight is 271 g/mol. The lowest BCUT2D eigenvalue weighted by atomic mass is 9.89. The molecule has 0 amide bonds. The fraction of sp³-hybridized carbons (Fsp3) is 0.500. The van der Waals surface area contributed by atoms with Crippen molar-refractivity contribution in [2.75, 3.05) is 0 Å². The van der Waals surface area contributed by atoms with Crippen LogP contribution in [0.3, 0.4) is 0 Å². The van der Waals surface area contributed by atoms with Crippen molar-refractivity contribution >= 4 is 17.6 Å². The van der Waals surface area contributed by atoms with Crippen LogP contribution in [-0.4, -0.2) is 11.1 Å².